The van der Waals surface area contributed by atoms with Gasteiger partial charge >= 0.3 is 0 Å². The Kier molecular flexibility index (Phi) is 6.80. The van der Waals surface area contributed by atoms with Crippen LogP contribution in [-0.4, -0.2) is 43.0 Å². The summed E-state index contributed by atoms with van der Waals surface area (Å²) in [6.07, 6.45) is 5.71. The number of hydrogen-bond donors (Lipinski definition) is 2. The molecule has 0 saturated carbocycles. The zero-order chi connectivity index (χ0) is 14.3. The third kappa shape index (κ3) is 6.92. The molecule has 1 amide bonds. The van der Waals surface area contributed by atoms with Gasteiger partial charge in [-0.3, -0.25) is 4.79 Å². The molecule has 1 rings (SSSR count). The molecule has 1 unspecified atom stereocenters. The molecule has 112 valence electrons. The van der Waals surface area contributed by atoms with E-state index in [0.29, 0.717) is 6.42 Å². The standard InChI is InChI=1S/C15H31N3O/c1-15(2,3)13(16)12-14(19)17-8-11-18-9-6-4-5-7-10-18/h13H,4-12,16H2,1-3H3,(H,17,19). The van der Waals surface area contributed by atoms with Crippen LogP contribution in [0.25, 0.3) is 0 Å². The number of hydrogen-bond acceptors (Lipinski definition) is 3. The highest BCUT2D eigenvalue weighted by atomic mass is 16.1. The van der Waals surface area contributed by atoms with Crippen molar-refractivity contribution in [3.63, 3.8) is 0 Å². The predicted octanol–water partition coefficient (Wildman–Crippen LogP) is 1.74. The first kappa shape index (κ1) is 16.4. The van der Waals surface area contributed by atoms with E-state index < -0.39 is 0 Å². The molecular formula is C15H31N3O. The Bertz CT molecular complexity index is 265. The van der Waals surface area contributed by atoms with Crippen LogP contribution in [-0.2, 0) is 4.79 Å². The minimum absolute atomic E-state index is 0.0118. The molecule has 4 heteroatoms. The SMILES string of the molecule is CC(C)(C)C(N)CC(=O)NCCN1CCCCCC1. The van der Waals surface area contributed by atoms with Gasteiger partial charge in [0.15, 0.2) is 0 Å². The lowest BCUT2D eigenvalue weighted by atomic mass is 9.85. The third-order valence-electron chi connectivity index (χ3n) is 3.97. The van der Waals surface area contributed by atoms with Crippen LogP contribution in [0.4, 0.5) is 0 Å². The van der Waals surface area contributed by atoms with Gasteiger partial charge in [-0.25, -0.2) is 0 Å². The van der Waals surface area contributed by atoms with Crippen LogP contribution < -0.4 is 11.1 Å². The number of rotatable bonds is 5. The lowest BCUT2D eigenvalue weighted by molar-refractivity contribution is -0.122. The highest BCUT2D eigenvalue weighted by molar-refractivity contribution is 5.76. The largest absolute Gasteiger partial charge is 0.355 e. The Morgan fingerprint density at radius 3 is 2.32 bits per heavy atom. The third-order valence-corrected chi connectivity index (χ3v) is 3.97. The summed E-state index contributed by atoms with van der Waals surface area (Å²) in [5.74, 6) is 0.0808. The summed E-state index contributed by atoms with van der Waals surface area (Å²) >= 11 is 0. The van der Waals surface area contributed by atoms with Gasteiger partial charge in [0.2, 0.25) is 5.91 Å². The van der Waals surface area contributed by atoms with Crippen LogP contribution in [0.2, 0.25) is 0 Å². The highest BCUT2D eigenvalue weighted by Gasteiger charge is 2.22. The number of nitrogens with zero attached hydrogens (tertiary/aromatic N) is 1. The quantitative estimate of drug-likeness (QED) is 0.799. The number of likely N-dealkylation sites (tertiary alicyclic amines) is 1. The predicted molar refractivity (Wildman–Crippen MR) is 80.0 cm³/mol. The normalized spacial score (nSPS) is 19.8. The second-order valence-electron chi connectivity index (χ2n) is 6.78. The average molecular weight is 269 g/mol. The molecule has 1 aliphatic heterocycles. The molecule has 0 bridgehead atoms. The Balaban J connectivity index is 2.16. The maximum absolute atomic E-state index is 11.8. The van der Waals surface area contributed by atoms with Crippen molar-refractivity contribution in [1.29, 1.82) is 0 Å². The molecule has 0 aromatic carbocycles. The Morgan fingerprint density at radius 1 is 1.21 bits per heavy atom. The van der Waals surface area contributed by atoms with Gasteiger partial charge in [0.05, 0.1) is 0 Å². The maximum atomic E-state index is 11.8. The molecule has 1 heterocycles. The van der Waals surface area contributed by atoms with Crippen molar-refractivity contribution in [2.24, 2.45) is 11.1 Å². The van der Waals surface area contributed by atoms with Gasteiger partial charge in [-0.15, -0.1) is 0 Å². The van der Waals surface area contributed by atoms with E-state index in [2.05, 4.69) is 31.0 Å². The summed E-state index contributed by atoms with van der Waals surface area (Å²) in [6, 6.07) is -0.0781. The lowest BCUT2D eigenvalue weighted by Gasteiger charge is -2.26. The smallest absolute Gasteiger partial charge is 0.221 e. The minimum Gasteiger partial charge on any atom is -0.355 e. The molecule has 0 spiro atoms. The minimum atomic E-state index is -0.0781. The summed E-state index contributed by atoms with van der Waals surface area (Å²) in [4.78, 5) is 14.3. The van der Waals surface area contributed by atoms with E-state index in [1.165, 1.54) is 38.8 Å². The molecule has 3 N–H and O–H groups in total. The van der Waals surface area contributed by atoms with Crippen LogP contribution in [0.1, 0.15) is 52.9 Å². The molecule has 1 aliphatic rings. The fourth-order valence-corrected chi connectivity index (χ4v) is 2.29. The van der Waals surface area contributed by atoms with Crippen molar-refractivity contribution in [1.82, 2.24) is 10.2 Å². The number of nitrogens with two attached hydrogens (primary N) is 1. The fourth-order valence-electron chi connectivity index (χ4n) is 2.29. The molecule has 1 fully saturated rings. The molecular weight excluding hydrogens is 238 g/mol. The molecule has 1 saturated heterocycles. The first-order valence-electron chi connectivity index (χ1n) is 7.64. The van der Waals surface area contributed by atoms with Crippen LogP contribution in [0, 0.1) is 5.41 Å². The molecule has 0 aromatic heterocycles. The van der Waals surface area contributed by atoms with Gasteiger partial charge < -0.3 is 16.0 Å². The van der Waals surface area contributed by atoms with Crippen molar-refractivity contribution in [2.75, 3.05) is 26.2 Å². The summed E-state index contributed by atoms with van der Waals surface area (Å²) in [5.41, 5.74) is 6.00. The topological polar surface area (TPSA) is 58.4 Å². The van der Waals surface area contributed by atoms with Gasteiger partial charge in [0.25, 0.3) is 0 Å². The van der Waals surface area contributed by atoms with Gasteiger partial charge in [-0.1, -0.05) is 33.6 Å². The van der Waals surface area contributed by atoms with Gasteiger partial charge in [-0.2, -0.15) is 0 Å². The molecule has 4 nitrogen and oxygen atoms in total. The molecule has 1 atom stereocenters. The summed E-state index contributed by atoms with van der Waals surface area (Å²) in [5, 5.41) is 2.99. The Hall–Kier alpha value is -0.610. The summed E-state index contributed by atoms with van der Waals surface area (Å²) < 4.78 is 0. The monoisotopic (exact) mass is 269 g/mol. The first-order chi connectivity index (χ1) is 8.89. The maximum Gasteiger partial charge on any atom is 0.221 e. The van der Waals surface area contributed by atoms with E-state index in [9.17, 15) is 4.79 Å². The van der Waals surface area contributed by atoms with Crippen LogP contribution in [0.5, 0.6) is 0 Å². The van der Waals surface area contributed by atoms with Crippen LogP contribution in [0.3, 0.4) is 0 Å². The first-order valence-corrected chi connectivity index (χ1v) is 7.64. The van der Waals surface area contributed by atoms with E-state index >= 15 is 0 Å². The van der Waals surface area contributed by atoms with Gasteiger partial charge in [-0.05, 0) is 31.3 Å². The average Bonchev–Trinajstić information content (AvgIpc) is 2.56. The number of carbonyl (C=O) groups is 1. The molecule has 0 aliphatic carbocycles. The van der Waals surface area contributed by atoms with E-state index in [1.807, 2.05) is 0 Å². The second-order valence-corrected chi connectivity index (χ2v) is 6.78. The number of amides is 1. The van der Waals surface area contributed by atoms with E-state index in [4.69, 9.17) is 5.73 Å². The highest BCUT2D eigenvalue weighted by Crippen LogP contribution is 2.19. The van der Waals surface area contributed by atoms with Crippen molar-refractivity contribution in [3.8, 4) is 0 Å². The van der Waals surface area contributed by atoms with Crippen molar-refractivity contribution in [3.05, 3.63) is 0 Å². The van der Waals surface area contributed by atoms with Crippen LogP contribution >= 0.6 is 0 Å². The zero-order valence-corrected chi connectivity index (χ0v) is 12.9. The lowest BCUT2D eigenvalue weighted by Crippen LogP contribution is -2.42. The van der Waals surface area contributed by atoms with E-state index in [0.717, 1.165) is 13.1 Å². The van der Waals surface area contributed by atoms with E-state index in [-0.39, 0.29) is 17.4 Å². The number of nitrogens with one attached hydrogen (secondary N) is 1. The van der Waals surface area contributed by atoms with E-state index in [1.54, 1.807) is 0 Å². The molecule has 19 heavy (non-hydrogen) atoms. The van der Waals surface area contributed by atoms with Crippen molar-refractivity contribution in [2.45, 2.75) is 58.9 Å². The van der Waals surface area contributed by atoms with Gasteiger partial charge in [0.1, 0.15) is 0 Å². The Labute approximate surface area is 118 Å². The van der Waals surface area contributed by atoms with Crippen LogP contribution in [0.15, 0.2) is 0 Å². The summed E-state index contributed by atoms with van der Waals surface area (Å²) in [7, 11) is 0. The van der Waals surface area contributed by atoms with Crippen molar-refractivity contribution < 1.29 is 4.79 Å². The Morgan fingerprint density at radius 2 is 1.79 bits per heavy atom. The zero-order valence-electron chi connectivity index (χ0n) is 12.9. The van der Waals surface area contributed by atoms with Gasteiger partial charge in [0, 0.05) is 25.6 Å². The molecule has 0 aromatic rings. The molecule has 0 radical (unpaired) electrons. The number of carbonyl (C=O) groups excluding carboxylic acids is 1. The fraction of sp³-hybridized carbons (Fsp3) is 0.933. The second kappa shape index (κ2) is 7.85. The van der Waals surface area contributed by atoms with Crippen molar-refractivity contribution >= 4 is 5.91 Å². The summed E-state index contributed by atoms with van der Waals surface area (Å²) in [6.45, 7) is 10.3.